The largest absolute Gasteiger partial charge is 0.468 e. The minimum atomic E-state index is -0.651. The third-order valence-corrected chi connectivity index (χ3v) is 3.13. The molecule has 0 heterocycles. The van der Waals surface area contributed by atoms with Crippen molar-refractivity contribution in [3.63, 3.8) is 0 Å². The van der Waals surface area contributed by atoms with Gasteiger partial charge in [-0.25, -0.2) is 4.39 Å². The summed E-state index contributed by atoms with van der Waals surface area (Å²) in [5.74, 6) is 0.237. The SMILES string of the molecule is COC(=O)C(N)CSCc1ccccc1F. The van der Waals surface area contributed by atoms with E-state index < -0.39 is 12.0 Å². The van der Waals surface area contributed by atoms with E-state index in [4.69, 9.17) is 5.73 Å². The molecule has 0 saturated carbocycles. The van der Waals surface area contributed by atoms with Crippen molar-refractivity contribution in [1.82, 2.24) is 0 Å². The number of nitrogens with two attached hydrogens (primary N) is 1. The molecule has 0 aliphatic heterocycles. The summed E-state index contributed by atoms with van der Waals surface area (Å²) in [7, 11) is 1.30. The fourth-order valence-electron chi connectivity index (χ4n) is 1.13. The van der Waals surface area contributed by atoms with Gasteiger partial charge in [-0.2, -0.15) is 11.8 Å². The number of halogens is 1. The van der Waals surface area contributed by atoms with Crippen molar-refractivity contribution in [2.75, 3.05) is 12.9 Å². The molecule has 1 unspecified atom stereocenters. The maximum absolute atomic E-state index is 13.2. The zero-order valence-corrected chi connectivity index (χ0v) is 9.80. The topological polar surface area (TPSA) is 52.3 Å². The lowest BCUT2D eigenvalue weighted by Crippen LogP contribution is -2.33. The predicted octanol–water partition coefficient (Wildman–Crippen LogP) is 1.56. The van der Waals surface area contributed by atoms with Crippen molar-refractivity contribution < 1.29 is 13.9 Å². The van der Waals surface area contributed by atoms with E-state index in [1.54, 1.807) is 18.2 Å². The monoisotopic (exact) mass is 243 g/mol. The van der Waals surface area contributed by atoms with Crippen molar-refractivity contribution in [3.05, 3.63) is 35.6 Å². The molecule has 0 radical (unpaired) electrons. The van der Waals surface area contributed by atoms with Crippen LogP contribution in [0.15, 0.2) is 24.3 Å². The lowest BCUT2D eigenvalue weighted by molar-refractivity contribution is -0.141. The fourth-order valence-corrected chi connectivity index (χ4v) is 2.09. The average molecular weight is 243 g/mol. The number of benzene rings is 1. The Bertz CT molecular complexity index is 360. The maximum atomic E-state index is 13.2. The summed E-state index contributed by atoms with van der Waals surface area (Å²) in [4.78, 5) is 11.0. The Hall–Kier alpha value is -1.07. The summed E-state index contributed by atoms with van der Waals surface area (Å²) < 4.78 is 17.7. The molecule has 16 heavy (non-hydrogen) atoms. The molecule has 0 aliphatic rings. The first kappa shape index (κ1) is 13.0. The summed E-state index contributed by atoms with van der Waals surface area (Å²) in [6.45, 7) is 0. The van der Waals surface area contributed by atoms with Gasteiger partial charge in [0.15, 0.2) is 0 Å². The number of hydrogen-bond donors (Lipinski definition) is 1. The van der Waals surface area contributed by atoms with E-state index >= 15 is 0 Å². The molecule has 3 nitrogen and oxygen atoms in total. The summed E-state index contributed by atoms with van der Waals surface area (Å²) in [6, 6.07) is 5.90. The number of carbonyl (C=O) groups excluding carboxylic acids is 1. The molecule has 5 heteroatoms. The van der Waals surface area contributed by atoms with Gasteiger partial charge in [-0.3, -0.25) is 4.79 Å². The van der Waals surface area contributed by atoms with Gasteiger partial charge >= 0.3 is 5.97 Å². The summed E-state index contributed by atoms with van der Waals surface area (Å²) in [5.41, 5.74) is 6.16. The van der Waals surface area contributed by atoms with Crippen molar-refractivity contribution in [2.45, 2.75) is 11.8 Å². The maximum Gasteiger partial charge on any atom is 0.323 e. The Morgan fingerprint density at radius 1 is 1.56 bits per heavy atom. The first-order chi connectivity index (χ1) is 7.65. The minimum Gasteiger partial charge on any atom is -0.468 e. The van der Waals surface area contributed by atoms with Crippen LogP contribution in [-0.4, -0.2) is 24.9 Å². The number of esters is 1. The Kier molecular flexibility index (Phi) is 5.28. The van der Waals surface area contributed by atoms with Gasteiger partial charge in [0.2, 0.25) is 0 Å². The highest BCUT2D eigenvalue weighted by Gasteiger charge is 2.13. The summed E-state index contributed by atoms with van der Waals surface area (Å²) in [5, 5.41) is 0. The zero-order valence-electron chi connectivity index (χ0n) is 8.98. The van der Waals surface area contributed by atoms with Gasteiger partial charge in [0.05, 0.1) is 7.11 Å². The number of hydrogen-bond acceptors (Lipinski definition) is 4. The van der Waals surface area contributed by atoms with E-state index in [-0.39, 0.29) is 5.82 Å². The van der Waals surface area contributed by atoms with Crippen LogP contribution in [0.5, 0.6) is 0 Å². The number of methoxy groups -OCH3 is 1. The lowest BCUT2D eigenvalue weighted by Gasteiger charge is -2.08. The number of carbonyl (C=O) groups is 1. The molecule has 1 aromatic rings. The Morgan fingerprint density at radius 3 is 2.88 bits per heavy atom. The van der Waals surface area contributed by atoms with Crippen LogP contribution >= 0.6 is 11.8 Å². The molecule has 0 saturated heterocycles. The van der Waals surface area contributed by atoms with Gasteiger partial charge in [0.25, 0.3) is 0 Å². The third kappa shape index (κ3) is 3.83. The van der Waals surface area contributed by atoms with Crippen LogP contribution in [0.3, 0.4) is 0 Å². The molecule has 2 N–H and O–H groups in total. The second kappa shape index (κ2) is 6.50. The van der Waals surface area contributed by atoms with Gasteiger partial charge in [-0.05, 0) is 11.6 Å². The fraction of sp³-hybridized carbons (Fsp3) is 0.364. The molecule has 0 aliphatic carbocycles. The quantitative estimate of drug-likeness (QED) is 0.797. The minimum absolute atomic E-state index is 0.235. The highest BCUT2D eigenvalue weighted by atomic mass is 32.2. The van der Waals surface area contributed by atoms with Gasteiger partial charge in [0.1, 0.15) is 11.9 Å². The molecule has 0 aromatic heterocycles. The molecule has 88 valence electrons. The molecular formula is C11H14FNO2S. The van der Waals surface area contributed by atoms with Crippen molar-refractivity contribution in [1.29, 1.82) is 0 Å². The smallest absolute Gasteiger partial charge is 0.323 e. The van der Waals surface area contributed by atoms with Crippen LogP contribution in [0.2, 0.25) is 0 Å². The van der Waals surface area contributed by atoms with Crippen molar-refractivity contribution in [2.24, 2.45) is 5.73 Å². The second-order valence-electron chi connectivity index (χ2n) is 3.24. The van der Waals surface area contributed by atoms with Crippen LogP contribution in [0.4, 0.5) is 4.39 Å². The van der Waals surface area contributed by atoms with Gasteiger partial charge in [0, 0.05) is 11.5 Å². The predicted molar refractivity (Wildman–Crippen MR) is 62.6 cm³/mol. The molecular weight excluding hydrogens is 229 g/mol. The van der Waals surface area contributed by atoms with E-state index in [1.165, 1.54) is 24.9 Å². The van der Waals surface area contributed by atoms with Gasteiger partial charge < -0.3 is 10.5 Å². The Morgan fingerprint density at radius 2 is 2.25 bits per heavy atom. The molecule has 1 aromatic carbocycles. The van der Waals surface area contributed by atoms with Crippen molar-refractivity contribution >= 4 is 17.7 Å². The third-order valence-electron chi connectivity index (χ3n) is 2.02. The molecule has 0 spiro atoms. The summed E-state index contributed by atoms with van der Waals surface area (Å²) >= 11 is 1.41. The molecule has 0 bridgehead atoms. The summed E-state index contributed by atoms with van der Waals surface area (Å²) in [6.07, 6.45) is 0. The lowest BCUT2D eigenvalue weighted by atomic mass is 10.2. The second-order valence-corrected chi connectivity index (χ2v) is 4.27. The van der Waals surface area contributed by atoms with Crippen LogP contribution in [0.1, 0.15) is 5.56 Å². The molecule has 1 atom stereocenters. The van der Waals surface area contributed by atoms with Crippen LogP contribution in [0, 0.1) is 5.82 Å². The van der Waals surface area contributed by atoms with Crippen LogP contribution < -0.4 is 5.73 Å². The van der Waals surface area contributed by atoms with E-state index in [0.29, 0.717) is 17.1 Å². The molecule has 0 amide bonds. The normalized spacial score (nSPS) is 12.2. The van der Waals surface area contributed by atoms with E-state index in [9.17, 15) is 9.18 Å². The Labute approximate surface area is 98.2 Å². The van der Waals surface area contributed by atoms with Crippen LogP contribution in [0.25, 0.3) is 0 Å². The van der Waals surface area contributed by atoms with Crippen molar-refractivity contribution in [3.8, 4) is 0 Å². The standard InChI is InChI=1S/C11H14FNO2S/c1-15-11(14)10(13)7-16-6-8-4-2-3-5-9(8)12/h2-5,10H,6-7,13H2,1H3. The number of thioether (sulfide) groups is 1. The van der Waals surface area contributed by atoms with Crippen LogP contribution in [-0.2, 0) is 15.3 Å². The highest BCUT2D eigenvalue weighted by Crippen LogP contribution is 2.15. The average Bonchev–Trinajstić information content (AvgIpc) is 2.30. The number of rotatable bonds is 5. The first-order valence-electron chi connectivity index (χ1n) is 4.79. The Balaban J connectivity index is 2.36. The highest BCUT2D eigenvalue weighted by molar-refractivity contribution is 7.98. The van der Waals surface area contributed by atoms with Gasteiger partial charge in [-0.1, -0.05) is 18.2 Å². The number of ether oxygens (including phenoxy) is 1. The molecule has 0 fully saturated rings. The first-order valence-corrected chi connectivity index (χ1v) is 5.95. The van der Waals surface area contributed by atoms with E-state index in [1.807, 2.05) is 0 Å². The van der Waals surface area contributed by atoms with E-state index in [0.717, 1.165) is 0 Å². The van der Waals surface area contributed by atoms with Gasteiger partial charge in [-0.15, -0.1) is 0 Å². The zero-order chi connectivity index (χ0) is 12.0. The molecule has 1 rings (SSSR count). The van der Waals surface area contributed by atoms with E-state index in [2.05, 4.69) is 4.74 Å².